The first-order valence-electron chi connectivity index (χ1n) is 6.18. The highest BCUT2D eigenvalue weighted by atomic mass is 16.5. The summed E-state index contributed by atoms with van der Waals surface area (Å²) in [4.78, 5) is 23.2. The average molecular weight is 280 g/mol. The minimum atomic E-state index is -1.19. The molecule has 0 radical (unpaired) electrons. The Kier molecular flexibility index (Phi) is 4.37. The van der Waals surface area contributed by atoms with Crippen molar-refractivity contribution < 1.29 is 19.4 Å². The lowest BCUT2D eigenvalue weighted by molar-refractivity contribution is 0.0400. The molecule has 104 valence electrons. The zero-order chi connectivity index (χ0) is 15.2. The molecule has 0 aliphatic carbocycles. The van der Waals surface area contributed by atoms with Gasteiger partial charge in [-0.2, -0.15) is 0 Å². The molecule has 2 aromatic carbocycles. The Morgan fingerprint density at radius 3 is 2.14 bits per heavy atom. The molecule has 0 aliphatic heterocycles. The Labute approximate surface area is 122 Å². The number of carboxylic acids is 1. The second kappa shape index (κ2) is 6.40. The van der Waals surface area contributed by atoms with Gasteiger partial charge < -0.3 is 9.84 Å². The van der Waals surface area contributed by atoms with Crippen LogP contribution in [0.2, 0.25) is 0 Å². The summed E-state index contributed by atoms with van der Waals surface area (Å²) in [6, 6.07) is 14.7. The van der Waals surface area contributed by atoms with Crippen molar-refractivity contribution in [2.75, 3.05) is 0 Å². The number of terminal acetylenes is 1. The van der Waals surface area contributed by atoms with E-state index in [0.717, 1.165) is 0 Å². The normalized spacial score (nSPS) is 11.2. The molecule has 1 unspecified atom stereocenters. The molecule has 0 bridgehead atoms. The third-order valence-electron chi connectivity index (χ3n) is 2.86. The lowest BCUT2D eigenvalue weighted by Gasteiger charge is -2.13. The summed E-state index contributed by atoms with van der Waals surface area (Å²) in [6.07, 6.45) is 4.52. The molecule has 2 rings (SSSR count). The Bertz CT molecular complexity index is 698. The fourth-order valence-corrected chi connectivity index (χ4v) is 1.84. The lowest BCUT2D eigenvalue weighted by Crippen LogP contribution is -2.14. The summed E-state index contributed by atoms with van der Waals surface area (Å²) in [5.41, 5.74) is 0.508. The molecule has 4 heteroatoms. The van der Waals surface area contributed by atoms with Gasteiger partial charge in [0, 0.05) is 5.56 Å². The monoisotopic (exact) mass is 280 g/mol. The van der Waals surface area contributed by atoms with Gasteiger partial charge in [-0.1, -0.05) is 48.4 Å². The number of carboxylic acid groups (broad SMARTS) is 1. The van der Waals surface area contributed by atoms with Crippen LogP contribution in [0.25, 0.3) is 0 Å². The van der Waals surface area contributed by atoms with Gasteiger partial charge in [-0.15, -0.1) is 6.42 Å². The molecular weight excluding hydrogens is 268 g/mol. The number of ether oxygens (including phenoxy) is 1. The fraction of sp³-hybridized carbons (Fsp3) is 0.0588. The largest absolute Gasteiger partial charge is 0.478 e. The minimum absolute atomic E-state index is 0.0267. The number of hydrogen-bond donors (Lipinski definition) is 1. The van der Waals surface area contributed by atoms with Crippen molar-refractivity contribution in [2.45, 2.75) is 6.10 Å². The van der Waals surface area contributed by atoms with Gasteiger partial charge >= 0.3 is 11.9 Å². The van der Waals surface area contributed by atoms with Gasteiger partial charge in [-0.3, -0.25) is 0 Å². The van der Waals surface area contributed by atoms with Gasteiger partial charge in [-0.05, 0) is 12.1 Å². The van der Waals surface area contributed by atoms with Crippen molar-refractivity contribution in [1.29, 1.82) is 0 Å². The zero-order valence-corrected chi connectivity index (χ0v) is 11.0. The molecule has 1 atom stereocenters. The molecule has 0 heterocycles. The maximum absolute atomic E-state index is 12.1. The number of esters is 1. The molecule has 0 aliphatic rings. The highest BCUT2D eigenvalue weighted by Crippen LogP contribution is 2.19. The van der Waals surface area contributed by atoms with Crippen LogP contribution in [-0.4, -0.2) is 17.0 Å². The Morgan fingerprint density at radius 2 is 1.57 bits per heavy atom. The second-order valence-corrected chi connectivity index (χ2v) is 4.21. The van der Waals surface area contributed by atoms with Crippen LogP contribution in [0.15, 0.2) is 54.6 Å². The smallest absolute Gasteiger partial charge is 0.340 e. The Balaban J connectivity index is 2.26. The number of carbonyl (C=O) groups excluding carboxylic acids is 1. The van der Waals surface area contributed by atoms with E-state index in [-0.39, 0.29) is 11.1 Å². The van der Waals surface area contributed by atoms with E-state index in [1.165, 1.54) is 18.2 Å². The van der Waals surface area contributed by atoms with E-state index in [9.17, 15) is 9.59 Å². The molecule has 1 N–H and O–H groups in total. The molecule has 0 fully saturated rings. The van der Waals surface area contributed by atoms with Crippen LogP contribution in [0, 0.1) is 12.3 Å². The first-order chi connectivity index (χ1) is 10.1. The zero-order valence-electron chi connectivity index (χ0n) is 11.0. The quantitative estimate of drug-likeness (QED) is 0.691. The molecule has 2 aromatic rings. The molecule has 21 heavy (non-hydrogen) atoms. The van der Waals surface area contributed by atoms with Crippen molar-refractivity contribution >= 4 is 11.9 Å². The lowest BCUT2D eigenvalue weighted by atomic mass is 10.1. The van der Waals surface area contributed by atoms with Gasteiger partial charge in [0.25, 0.3) is 0 Å². The van der Waals surface area contributed by atoms with E-state index >= 15 is 0 Å². The fourth-order valence-electron chi connectivity index (χ4n) is 1.84. The van der Waals surface area contributed by atoms with Crippen LogP contribution in [0.1, 0.15) is 32.4 Å². The molecular formula is C17H12O4. The molecule has 0 aromatic heterocycles. The van der Waals surface area contributed by atoms with Gasteiger partial charge in [0.15, 0.2) is 6.10 Å². The standard InChI is InChI=1S/C17H12O4/c1-2-15(12-8-4-3-5-9-12)21-17(20)14-11-7-6-10-13(14)16(18)19/h1,3-11,15H,(H,18,19). The van der Waals surface area contributed by atoms with Crippen LogP contribution in [0.5, 0.6) is 0 Å². The van der Waals surface area contributed by atoms with Gasteiger partial charge in [-0.25, -0.2) is 9.59 Å². The average Bonchev–Trinajstić information content (AvgIpc) is 2.53. The van der Waals surface area contributed by atoms with Crippen LogP contribution in [0.3, 0.4) is 0 Å². The van der Waals surface area contributed by atoms with Gasteiger partial charge in [0.2, 0.25) is 0 Å². The summed E-state index contributed by atoms with van der Waals surface area (Å²) >= 11 is 0. The highest BCUT2D eigenvalue weighted by Gasteiger charge is 2.20. The SMILES string of the molecule is C#CC(OC(=O)c1ccccc1C(=O)O)c1ccccc1. The molecule has 0 saturated heterocycles. The van der Waals surface area contributed by atoms with E-state index in [1.54, 1.807) is 30.3 Å². The summed E-state index contributed by atoms with van der Waals surface area (Å²) in [7, 11) is 0. The van der Waals surface area contributed by atoms with E-state index in [1.807, 2.05) is 6.07 Å². The van der Waals surface area contributed by atoms with Gasteiger partial charge in [0.05, 0.1) is 11.1 Å². The van der Waals surface area contributed by atoms with Crippen molar-refractivity contribution in [3.8, 4) is 12.3 Å². The van der Waals surface area contributed by atoms with Crippen molar-refractivity contribution in [2.24, 2.45) is 0 Å². The third-order valence-corrected chi connectivity index (χ3v) is 2.86. The van der Waals surface area contributed by atoms with E-state index in [4.69, 9.17) is 16.3 Å². The van der Waals surface area contributed by atoms with Crippen LogP contribution in [0.4, 0.5) is 0 Å². The molecule has 0 amide bonds. The number of benzene rings is 2. The Morgan fingerprint density at radius 1 is 1.00 bits per heavy atom. The number of hydrogen-bond acceptors (Lipinski definition) is 3. The number of rotatable bonds is 4. The number of aromatic carboxylic acids is 1. The summed E-state index contributed by atoms with van der Waals surface area (Å²) in [5.74, 6) is 0.418. The molecule has 0 saturated carbocycles. The molecule has 0 spiro atoms. The van der Waals surface area contributed by atoms with Crippen molar-refractivity contribution in [3.05, 3.63) is 71.3 Å². The van der Waals surface area contributed by atoms with Gasteiger partial charge in [0.1, 0.15) is 0 Å². The summed E-state index contributed by atoms with van der Waals surface area (Å²) in [6.45, 7) is 0. The van der Waals surface area contributed by atoms with Crippen LogP contribution < -0.4 is 0 Å². The van der Waals surface area contributed by atoms with E-state index < -0.39 is 18.0 Å². The maximum atomic E-state index is 12.1. The summed E-state index contributed by atoms with van der Waals surface area (Å²) in [5, 5.41) is 9.07. The van der Waals surface area contributed by atoms with Crippen molar-refractivity contribution in [3.63, 3.8) is 0 Å². The summed E-state index contributed by atoms with van der Waals surface area (Å²) < 4.78 is 5.22. The van der Waals surface area contributed by atoms with Crippen LogP contribution >= 0.6 is 0 Å². The maximum Gasteiger partial charge on any atom is 0.340 e. The first-order valence-corrected chi connectivity index (χ1v) is 6.18. The topological polar surface area (TPSA) is 63.6 Å². The molecule has 4 nitrogen and oxygen atoms in total. The van der Waals surface area contributed by atoms with E-state index in [0.29, 0.717) is 5.56 Å². The van der Waals surface area contributed by atoms with Crippen molar-refractivity contribution in [1.82, 2.24) is 0 Å². The minimum Gasteiger partial charge on any atom is -0.478 e. The highest BCUT2D eigenvalue weighted by molar-refractivity contribution is 6.02. The third kappa shape index (κ3) is 3.28. The van der Waals surface area contributed by atoms with Crippen LogP contribution in [-0.2, 0) is 4.74 Å². The number of carbonyl (C=O) groups is 2. The predicted octanol–water partition coefficient (Wildman–Crippen LogP) is 2.92. The van der Waals surface area contributed by atoms with E-state index in [2.05, 4.69) is 5.92 Å². The second-order valence-electron chi connectivity index (χ2n) is 4.21. The predicted molar refractivity (Wildman–Crippen MR) is 76.8 cm³/mol. The Hall–Kier alpha value is -3.06. The first kappa shape index (κ1) is 14.4.